The summed E-state index contributed by atoms with van der Waals surface area (Å²) in [5, 5.41) is 20.5. The molecular formula is C25H35F3N2O. The molecular weight excluding hydrogens is 401 g/mol. The second-order valence-electron chi connectivity index (χ2n) is 10.2. The van der Waals surface area contributed by atoms with Crippen LogP contribution in [0.5, 0.6) is 0 Å². The van der Waals surface area contributed by atoms with Crippen molar-refractivity contribution in [2.24, 2.45) is 29.6 Å². The van der Waals surface area contributed by atoms with Crippen molar-refractivity contribution in [1.29, 1.82) is 5.26 Å². The van der Waals surface area contributed by atoms with Gasteiger partial charge in [0.1, 0.15) is 6.23 Å². The number of nitriles is 1. The molecule has 3 aliphatic carbocycles. The number of hydrogen-bond acceptors (Lipinski definition) is 3. The van der Waals surface area contributed by atoms with Gasteiger partial charge in [0.2, 0.25) is 0 Å². The van der Waals surface area contributed by atoms with Crippen LogP contribution in [0.25, 0.3) is 0 Å². The standard InChI is InChI=1S/C25H35F3N2O/c26-25(27,28)22-7-3-1-6-20(22)16-30-23-8-4-2-5-19(23)14-21(24(30)31)13-17-9-11-18(15-29)12-10-17/h2,4,9,18-24,31H,1,3,5-8,10-14,16H2. The molecule has 1 saturated carbocycles. The van der Waals surface area contributed by atoms with Gasteiger partial charge in [-0.15, -0.1) is 0 Å². The zero-order valence-corrected chi connectivity index (χ0v) is 18.2. The molecule has 2 fully saturated rings. The molecule has 0 radical (unpaired) electrons. The van der Waals surface area contributed by atoms with Crippen molar-refractivity contribution in [3.63, 3.8) is 0 Å². The van der Waals surface area contributed by atoms with Crippen molar-refractivity contribution < 1.29 is 18.3 Å². The van der Waals surface area contributed by atoms with Gasteiger partial charge in [-0.3, -0.25) is 4.90 Å². The van der Waals surface area contributed by atoms with Gasteiger partial charge in [-0.2, -0.15) is 18.4 Å². The van der Waals surface area contributed by atoms with Crippen LogP contribution in [0.1, 0.15) is 70.6 Å². The van der Waals surface area contributed by atoms with Crippen LogP contribution in [0.3, 0.4) is 0 Å². The first-order valence-corrected chi connectivity index (χ1v) is 12.1. The van der Waals surface area contributed by atoms with Gasteiger partial charge in [0.15, 0.2) is 0 Å². The molecule has 0 spiro atoms. The average Bonchev–Trinajstić information content (AvgIpc) is 2.76. The fourth-order valence-corrected chi connectivity index (χ4v) is 6.58. The molecule has 1 aliphatic heterocycles. The van der Waals surface area contributed by atoms with Crippen LogP contribution < -0.4 is 0 Å². The van der Waals surface area contributed by atoms with Gasteiger partial charge in [-0.05, 0) is 69.6 Å². The second kappa shape index (κ2) is 9.67. The summed E-state index contributed by atoms with van der Waals surface area (Å²) < 4.78 is 41.1. The number of aliphatic hydroxyl groups is 1. The second-order valence-corrected chi connectivity index (χ2v) is 10.2. The molecule has 1 heterocycles. The highest BCUT2D eigenvalue weighted by molar-refractivity contribution is 5.12. The van der Waals surface area contributed by atoms with E-state index >= 15 is 0 Å². The van der Waals surface area contributed by atoms with Crippen LogP contribution in [-0.4, -0.2) is 35.0 Å². The van der Waals surface area contributed by atoms with Gasteiger partial charge < -0.3 is 5.11 Å². The Kier molecular flexibility index (Phi) is 7.13. The zero-order valence-electron chi connectivity index (χ0n) is 18.2. The number of rotatable bonds is 4. The van der Waals surface area contributed by atoms with Crippen LogP contribution in [0.15, 0.2) is 23.8 Å². The van der Waals surface area contributed by atoms with E-state index in [0.717, 1.165) is 51.4 Å². The number of nitrogens with zero attached hydrogens (tertiary/aromatic N) is 2. The minimum Gasteiger partial charge on any atom is -0.378 e. The molecule has 0 bridgehead atoms. The van der Waals surface area contributed by atoms with Crippen molar-refractivity contribution in [2.75, 3.05) is 6.54 Å². The normalized spacial score (nSPS) is 39.5. The minimum absolute atomic E-state index is 0.0607. The quantitative estimate of drug-likeness (QED) is 0.552. The summed E-state index contributed by atoms with van der Waals surface area (Å²) in [5.74, 6) is -1.10. The van der Waals surface area contributed by atoms with Gasteiger partial charge in [0.05, 0.1) is 17.9 Å². The third-order valence-corrected chi connectivity index (χ3v) is 8.31. The first kappa shape index (κ1) is 22.9. The Hall–Kier alpha value is -1.32. The lowest BCUT2D eigenvalue weighted by molar-refractivity contribution is -0.205. The minimum atomic E-state index is -4.15. The number of halogens is 3. The van der Waals surface area contributed by atoms with Crippen LogP contribution in [0, 0.1) is 40.9 Å². The van der Waals surface area contributed by atoms with Gasteiger partial charge in [0, 0.05) is 18.5 Å². The van der Waals surface area contributed by atoms with E-state index < -0.39 is 24.2 Å². The summed E-state index contributed by atoms with van der Waals surface area (Å²) in [7, 11) is 0. The molecule has 0 amide bonds. The zero-order chi connectivity index (χ0) is 22.0. The molecule has 0 aromatic heterocycles. The highest BCUT2D eigenvalue weighted by Gasteiger charge is 2.49. The molecule has 6 heteroatoms. The largest absolute Gasteiger partial charge is 0.392 e. The highest BCUT2D eigenvalue weighted by Crippen LogP contribution is 2.45. The fourth-order valence-electron chi connectivity index (χ4n) is 6.58. The molecule has 7 unspecified atom stereocenters. The summed E-state index contributed by atoms with van der Waals surface area (Å²) in [6.07, 6.45) is 10.1. The Bertz CT molecular complexity index is 725. The van der Waals surface area contributed by atoms with E-state index in [0.29, 0.717) is 25.3 Å². The van der Waals surface area contributed by atoms with Crippen LogP contribution in [0.2, 0.25) is 0 Å². The monoisotopic (exact) mass is 436 g/mol. The van der Waals surface area contributed by atoms with Crippen molar-refractivity contribution in [3.05, 3.63) is 23.8 Å². The summed E-state index contributed by atoms with van der Waals surface area (Å²) >= 11 is 0. The van der Waals surface area contributed by atoms with Crippen molar-refractivity contribution in [1.82, 2.24) is 4.90 Å². The van der Waals surface area contributed by atoms with Gasteiger partial charge >= 0.3 is 6.18 Å². The number of fused-ring (bicyclic) bond motifs is 1. The molecule has 7 atom stereocenters. The smallest absolute Gasteiger partial charge is 0.378 e. The maximum absolute atomic E-state index is 13.7. The Labute approximate surface area is 184 Å². The number of piperidine rings is 1. The van der Waals surface area contributed by atoms with E-state index in [1.54, 1.807) is 0 Å². The highest BCUT2D eigenvalue weighted by atomic mass is 19.4. The molecule has 1 N–H and O–H groups in total. The Balaban J connectivity index is 1.50. The van der Waals surface area contributed by atoms with E-state index in [2.05, 4.69) is 29.2 Å². The number of alkyl halides is 3. The first-order valence-electron chi connectivity index (χ1n) is 12.1. The fraction of sp³-hybridized carbons (Fsp3) is 0.800. The SMILES string of the molecule is N#CC1CC=C(CC2CC3CC=CCC3N(CC3CCCCC3C(F)(F)F)C2O)CC1. The average molecular weight is 437 g/mol. The van der Waals surface area contributed by atoms with E-state index in [4.69, 9.17) is 5.26 Å². The third kappa shape index (κ3) is 5.20. The lowest BCUT2D eigenvalue weighted by Crippen LogP contribution is -2.57. The molecule has 0 aromatic rings. The molecule has 4 aliphatic rings. The van der Waals surface area contributed by atoms with Crippen LogP contribution >= 0.6 is 0 Å². The van der Waals surface area contributed by atoms with Crippen LogP contribution in [0.4, 0.5) is 13.2 Å². The molecule has 4 rings (SSSR count). The van der Waals surface area contributed by atoms with E-state index in [1.165, 1.54) is 5.57 Å². The van der Waals surface area contributed by atoms with E-state index in [9.17, 15) is 18.3 Å². The number of aliphatic hydroxyl groups excluding tert-OH is 1. The Morgan fingerprint density at radius 1 is 1.06 bits per heavy atom. The van der Waals surface area contributed by atoms with Crippen molar-refractivity contribution in [3.8, 4) is 6.07 Å². The topological polar surface area (TPSA) is 47.3 Å². The maximum Gasteiger partial charge on any atom is 0.392 e. The maximum atomic E-state index is 13.7. The lowest BCUT2D eigenvalue weighted by Gasteiger charge is -2.51. The predicted molar refractivity (Wildman–Crippen MR) is 114 cm³/mol. The Morgan fingerprint density at radius 2 is 1.84 bits per heavy atom. The lowest BCUT2D eigenvalue weighted by atomic mass is 9.72. The molecule has 172 valence electrons. The molecule has 31 heavy (non-hydrogen) atoms. The van der Waals surface area contributed by atoms with Gasteiger partial charge in [-0.25, -0.2) is 0 Å². The van der Waals surface area contributed by atoms with Gasteiger partial charge in [-0.1, -0.05) is 36.6 Å². The third-order valence-electron chi connectivity index (χ3n) is 8.31. The summed E-state index contributed by atoms with van der Waals surface area (Å²) in [4.78, 5) is 2.05. The van der Waals surface area contributed by atoms with Crippen LogP contribution in [-0.2, 0) is 0 Å². The van der Waals surface area contributed by atoms with Crippen molar-refractivity contribution in [2.45, 2.75) is 89.1 Å². The van der Waals surface area contributed by atoms with Gasteiger partial charge in [0.25, 0.3) is 0 Å². The number of allylic oxidation sites excluding steroid dienone is 3. The Morgan fingerprint density at radius 3 is 2.55 bits per heavy atom. The number of likely N-dealkylation sites (tertiary alicyclic amines) is 1. The summed E-state index contributed by atoms with van der Waals surface area (Å²) in [5.41, 5.74) is 1.31. The van der Waals surface area contributed by atoms with E-state index in [1.807, 2.05) is 0 Å². The molecule has 0 aromatic carbocycles. The summed E-state index contributed by atoms with van der Waals surface area (Å²) in [6, 6.07) is 2.49. The molecule has 1 saturated heterocycles. The predicted octanol–water partition coefficient (Wildman–Crippen LogP) is 5.97. The summed E-state index contributed by atoms with van der Waals surface area (Å²) in [6.45, 7) is 0.354. The van der Waals surface area contributed by atoms with Crippen molar-refractivity contribution >= 4 is 0 Å². The number of hydrogen-bond donors (Lipinski definition) is 1. The first-order chi connectivity index (χ1) is 14.9. The van der Waals surface area contributed by atoms with E-state index in [-0.39, 0.29) is 24.3 Å². The molecule has 3 nitrogen and oxygen atoms in total.